The number of carbonyl (C=O) groups is 2. The number of anilines is 1. The van der Waals surface area contributed by atoms with E-state index in [4.69, 9.17) is 0 Å². The van der Waals surface area contributed by atoms with Gasteiger partial charge in [-0.1, -0.05) is 6.92 Å². The summed E-state index contributed by atoms with van der Waals surface area (Å²) in [5, 5.41) is 5.28. The maximum absolute atomic E-state index is 13.1. The Hall–Kier alpha value is -1.95. The highest BCUT2D eigenvalue weighted by atomic mass is 19.1. The average molecular weight is 254 g/mol. The predicted molar refractivity (Wildman–Crippen MR) is 64.9 cm³/mol. The Bertz CT molecular complexity index is 449. The van der Waals surface area contributed by atoms with Gasteiger partial charge in [-0.15, -0.1) is 0 Å². The van der Waals surface area contributed by atoms with E-state index in [1.165, 1.54) is 13.2 Å². The molecule has 0 radical (unpaired) electrons. The molecule has 6 heteroatoms. The molecule has 1 aromatic rings. The SMILES string of the molecule is CCNCC(=O)Nc1cc(F)ccc1C(=O)OC. The van der Waals surface area contributed by atoms with Crippen LogP contribution >= 0.6 is 0 Å². The van der Waals surface area contributed by atoms with Gasteiger partial charge in [0, 0.05) is 0 Å². The lowest BCUT2D eigenvalue weighted by Crippen LogP contribution is -2.28. The van der Waals surface area contributed by atoms with Crippen molar-refractivity contribution in [3.8, 4) is 0 Å². The first-order valence-electron chi connectivity index (χ1n) is 5.47. The molecule has 0 aromatic heterocycles. The number of amides is 1. The molecule has 0 saturated carbocycles. The van der Waals surface area contributed by atoms with Crippen LogP contribution in [-0.2, 0) is 9.53 Å². The number of methoxy groups -OCH3 is 1. The summed E-state index contributed by atoms with van der Waals surface area (Å²) in [4.78, 5) is 22.9. The monoisotopic (exact) mass is 254 g/mol. The Kier molecular flexibility index (Phi) is 5.26. The molecule has 0 saturated heterocycles. The molecule has 0 spiro atoms. The van der Waals surface area contributed by atoms with Crippen molar-refractivity contribution < 1.29 is 18.7 Å². The minimum atomic E-state index is -0.631. The Labute approximate surface area is 104 Å². The number of likely N-dealkylation sites (N-methyl/N-ethyl adjacent to an activating group) is 1. The number of rotatable bonds is 5. The zero-order valence-corrected chi connectivity index (χ0v) is 10.2. The number of hydrogen-bond acceptors (Lipinski definition) is 4. The second-order valence-electron chi connectivity index (χ2n) is 3.51. The van der Waals surface area contributed by atoms with Gasteiger partial charge in [-0.2, -0.15) is 0 Å². The van der Waals surface area contributed by atoms with Gasteiger partial charge in [-0.3, -0.25) is 4.79 Å². The van der Waals surface area contributed by atoms with Crippen molar-refractivity contribution in [3.05, 3.63) is 29.6 Å². The molecule has 0 unspecified atom stereocenters. The van der Waals surface area contributed by atoms with E-state index in [1.54, 1.807) is 0 Å². The highest BCUT2D eigenvalue weighted by molar-refractivity contribution is 6.01. The zero-order valence-electron chi connectivity index (χ0n) is 10.2. The van der Waals surface area contributed by atoms with Gasteiger partial charge in [0.15, 0.2) is 0 Å². The van der Waals surface area contributed by atoms with Crippen molar-refractivity contribution in [3.63, 3.8) is 0 Å². The normalized spacial score (nSPS) is 9.94. The fourth-order valence-corrected chi connectivity index (χ4v) is 1.34. The van der Waals surface area contributed by atoms with E-state index < -0.39 is 11.8 Å². The molecule has 98 valence electrons. The van der Waals surface area contributed by atoms with Crippen molar-refractivity contribution in [1.29, 1.82) is 0 Å². The number of carbonyl (C=O) groups excluding carboxylic acids is 2. The van der Waals surface area contributed by atoms with Gasteiger partial charge in [0.1, 0.15) is 5.82 Å². The molecule has 0 aliphatic carbocycles. The highest BCUT2D eigenvalue weighted by Gasteiger charge is 2.14. The molecule has 0 bridgehead atoms. The average Bonchev–Trinajstić information content (AvgIpc) is 2.35. The Morgan fingerprint density at radius 3 is 2.72 bits per heavy atom. The maximum atomic E-state index is 13.1. The van der Waals surface area contributed by atoms with Crippen molar-refractivity contribution in [2.24, 2.45) is 0 Å². The highest BCUT2D eigenvalue weighted by Crippen LogP contribution is 2.18. The number of hydrogen-bond donors (Lipinski definition) is 2. The van der Waals surface area contributed by atoms with Crippen LogP contribution in [0.25, 0.3) is 0 Å². The summed E-state index contributed by atoms with van der Waals surface area (Å²) in [6.07, 6.45) is 0. The molecule has 0 atom stereocenters. The first kappa shape index (κ1) is 14.1. The standard InChI is InChI=1S/C12H15FN2O3/c1-3-14-7-11(16)15-10-6-8(13)4-5-9(10)12(17)18-2/h4-6,14H,3,7H2,1-2H3,(H,15,16). The third kappa shape index (κ3) is 3.81. The number of halogens is 1. The lowest BCUT2D eigenvalue weighted by molar-refractivity contribution is -0.115. The summed E-state index contributed by atoms with van der Waals surface area (Å²) in [5.41, 5.74) is 0.216. The van der Waals surface area contributed by atoms with Crippen LogP contribution in [0.2, 0.25) is 0 Å². The fourth-order valence-electron chi connectivity index (χ4n) is 1.34. The molecule has 0 heterocycles. The topological polar surface area (TPSA) is 67.4 Å². The molecule has 1 rings (SSSR count). The Morgan fingerprint density at radius 1 is 1.39 bits per heavy atom. The van der Waals surface area contributed by atoms with Gasteiger partial charge in [-0.25, -0.2) is 9.18 Å². The summed E-state index contributed by atoms with van der Waals surface area (Å²) >= 11 is 0. The molecule has 1 amide bonds. The first-order chi connectivity index (χ1) is 8.58. The van der Waals surface area contributed by atoms with Crippen molar-refractivity contribution >= 4 is 17.6 Å². The number of nitrogens with one attached hydrogen (secondary N) is 2. The lowest BCUT2D eigenvalue weighted by Gasteiger charge is -2.10. The molecule has 1 aromatic carbocycles. The molecule has 0 aliphatic heterocycles. The van der Waals surface area contributed by atoms with E-state index in [0.29, 0.717) is 6.54 Å². The van der Waals surface area contributed by atoms with Gasteiger partial charge in [0.2, 0.25) is 5.91 Å². The molecular weight excluding hydrogens is 239 g/mol. The van der Waals surface area contributed by atoms with Crippen molar-refractivity contribution in [1.82, 2.24) is 5.32 Å². The first-order valence-corrected chi connectivity index (χ1v) is 5.47. The molecule has 2 N–H and O–H groups in total. The van der Waals surface area contributed by atoms with E-state index in [-0.39, 0.29) is 23.7 Å². The van der Waals surface area contributed by atoms with E-state index in [9.17, 15) is 14.0 Å². The number of ether oxygens (including phenoxy) is 1. The smallest absolute Gasteiger partial charge is 0.339 e. The Balaban J connectivity index is 2.88. The zero-order chi connectivity index (χ0) is 13.5. The van der Waals surface area contributed by atoms with Crippen LogP contribution in [0.15, 0.2) is 18.2 Å². The number of esters is 1. The minimum Gasteiger partial charge on any atom is -0.465 e. The number of benzene rings is 1. The Morgan fingerprint density at radius 2 is 2.11 bits per heavy atom. The summed E-state index contributed by atoms with van der Waals surface area (Å²) < 4.78 is 17.6. The van der Waals surface area contributed by atoms with Crippen LogP contribution in [-0.4, -0.2) is 32.1 Å². The molecular formula is C12H15FN2O3. The van der Waals surface area contributed by atoms with Crippen LogP contribution in [0, 0.1) is 5.82 Å². The third-order valence-electron chi connectivity index (χ3n) is 2.20. The third-order valence-corrected chi connectivity index (χ3v) is 2.20. The minimum absolute atomic E-state index is 0.0909. The van der Waals surface area contributed by atoms with E-state index in [0.717, 1.165) is 12.1 Å². The van der Waals surface area contributed by atoms with Crippen LogP contribution in [0.1, 0.15) is 17.3 Å². The van der Waals surface area contributed by atoms with E-state index >= 15 is 0 Å². The van der Waals surface area contributed by atoms with Crippen molar-refractivity contribution in [2.45, 2.75) is 6.92 Å². The second-order valence-corrected chi connectivity index (χ2v) is 3.51. The molecule has 18 heavy (non-hydrogen) atoms. The summed E-state index contributed by atoms with van der Waals surface area (Å²) in [7, 11) is 1.22. The summed E-state index contributed by atoms with van der Waals surface area (Å²) in [6, 6.07) is 3.48. The van der Waals surface area contributed by atoms with Crippen molar-refractivity contribution in [2.75, 3.05) is 25.5 Å². The largest absolute Gasteiger partial charge is 0.465 e. The second kappa shape index (κ2) is 6.70. The molecule has 5 nitrogen and oxygen atoms in total. The lowest BCUT2D eigenvalue weighted by atomic mass is 10.1. The van der Waals surface area contributed by atoms with Gasteiger partial charge in [0.05, 0.1) is 24.9 Å². The summed E-state index contributed by atoms with van der Waals surface area (Å²) in [6.45, 7) is 2.59. The quantitative estimate of drug-likeness (QED) is 0.774. The summed E-state index contributed by atoms with van der Waals surface area (Å²) in [5.74, 6) is -1.53. The predicted octanol–water partition coefficient (Wildman–Crippen LogP) is 1.16. The van der Waals surface area contributed by atoms with E-state index in [1.807, 2.05) is 6.92 Å². The van der Waals surface area contributed by atoms with Crippen LogP contribution in [0.4, 0.5) is 10.1 Å². The van der Waals surface area contributed by atoms with Crippen LogP contribution < -0.4 is 10.6 Å². The van der Waals surface area contributed by atoms with Gasteiger partial charge in [0.25, 0.3) is 0 Å². The van der Waals surface area contributed by atoms with Crippen LogP contribution in [0.3, 0.4) is 0 Å². The van der Waals surface area contributed by atoms with E-state index in [2.05, 4.69) is 15.4 Å². The molecule has 0 fully saturated rings. The fraction of sp³-hybridized carbons (Fsp3) is 0.333. The van der Waals surface area contributed by atoms with Gasteiger partial charge < -0.3 is 15.4 Å². The molecule has 0 aliphatic rings. The maximum Gasteiger partial charge on any atom is 0.339 e. The van der Waals surface area contributed by atoms with Gasteiger partial charge in [-0.05, 0) is 24.7 Å². The van der Waals surface area contributed by atoms with Gasteiger partial charge >= 0.3 is 5.97 Å². The van der Waals surface area contributed by atoms with Crippen LogP contribution in [0.5, 0.6) is 0 Å².